The summed E-state index contributed by atoms with van der Waals surface area (Å²) in [6.45, 7) is 2.01. The molecule has 3 atom stereocenters. The molecule has 1 fully saturated rings. The molecule has 0 aliphatic carbocycles. The van der Waals surface area contributed by atoms with Crippen LogP contribution >= 0.6 is 0 Å². The van der Waals surface area contributed by atoms with Crippen molar-refractivity contribution in [2.75, 3.05) is 14.1 Å². The van der Waals surface area contributed by atoms with Gasteiger partial charge in [-0.05, 0) is 33.9 Å². The normalized spacial score (nSPS) is 39.5. The van der Waals surface area contributed by atoms with E-state index in [-0.39, 0.29) is 6.10 Å². The quantitative estimate of drug-likeness (QED) is 0.602. The van der Waals surface area contributed by atoms with Gasteiger partial charge in [-0.2, -0.15) is 0 Å². The van der Waals surface area contributed by atoms with Crippen LogP contribution in [0.25, 0.3) is 0 Å². The monoisotopic (exact) mass is 159 g/mol. The van der Waals surface area contributed by atoms with Crippen molar-refractivity contribution in [1.82, 2.24) is 4.90 Å². The first-order valence-electron chi connectivity index (χ1n) is 4.11. The lowest BCUT2D eigenvalue weighted by Crippen LogP contribution is -2.44. The van der Waals surface area contributed by atoms with Gasteiger partial charge in [0.05, 0.1) is 6.10 Å². The number of hydrogen-bond acceptors (Lipinski definition) is 3. The van der Waals surface area contributed by atoms with Gasteiger partial charge < -0.3 is 14.7 Å². The van der Waals surface area contributed by atoms with E-state index in [1.54, 1.807) is 0 Å². The number of likely N-dealkylation sites (N-methyl/N-ethyl adjacent to an activating group) is 1. The molecule has 1 rings (SSSR count). The first kappa shape index (κ1) is 8.97. The Labute approximate surface area is 68.0 Å². The highest BCUT2D eigenvalue weighted by atomic mass is 16.6. The molecule has 66 valence electrons. The Morgan fingerprint density at radius 3 is 2.45 bits per heavy atom. The lowest BCUT2D eigenvalue weighted by molar-refractivity contribution is -0.177. The van der Waals surface area contributed by atoms with Gasteiger partial charge in [-0.15, -0.1) is 0 Å². The van der Waals surface area contributed by atoms with Gasteiger partial charge in [0.2, 0.25) is 0 Å². The fraction of sp³-hybridized carbons (Fsp3) is 1.00. The summed E-state index contributed by atoms with van der Waals surface area (Å²) in [5.74, 6) is 0. The number of ether oxygens (including phenoxy) is 1. The van der Waals surface area contributed by atoms with E-state index < -0.39 is 6.29 Å². The molecule has 1 saturated heterocycles. The zero-order chi connectivity index (χ0) is 8.43. The molecule has 1 aliphatic rings. The van der Waals surface area contributed by atoms with Crippen LogP contribution in [0.5, 0.6) is 0 Å². The molecule has 0 aromatic rings. The van der Waals surface area contributed by atoms with Gasteiger partial charge >= 0.3 is 0 Å². The Bertz CT molecular complexity index is 127. The second-order valence-corrected chi connectivity index (χ2v) is 3.40. The van der Waals surface area contributed by atoms with Crippen molar-refractivity contribution in [2.45, 2.75) is 38.2 Å². The zero-order valence-corrected chi connectivity index (χ0v) is 7.45. The minimum atomic E-state index is -0.541. The van der Waals surface area contributed by atoms with Crippen LogP contribution in [0, 0.1) is 0 Å². The van der Waals surface area contributed by atoms with E-state index >= 15 is 0 Å². The third-order valence-corrected chi connectivity index (χ3v) is 2.29. The molecular formula is C8H17NO2. The second-order valence-electron chi connectivity index (χ2n) is 3.40. The topological polar surface area (TPSA) is 32.7 Å². The van der Waals surface area contributed by atoms with Gasteiger partial charge in [-0.1, -0.05) is 0 Å². The van der Waals surface area contributed by atoms with E-state index in [1.807, 2.05) is 21.0 Å². The van der Waals surface area contributed by atoms with Gasteiger partial charge in [0.25, 0.3) is 0 Å². The van der Waals surface area contributed by atoms with Crippen LogP contribution in [-0.4, -0.2) is 42.5 Å². The third-order valence-electron chi connectivity index (χ3n) is 2.29. The SMILES string of the molecule is C[C@@H]1O[C@@H](O)CC[C@H]1N(C)C. The van der Waals surface area contributed by atoms with E-state index in [0.717, 1.165) is 12.8 Å². The smallest absolute Gasteiger partial charge is 0.155 e. The van der Waals surface area contributed by atoms with Gasteiger partial charge in [-0.3, -0.25) is 0 Å². The minimum absolute atomic E-state index is 0.147. The van der Waals surface area contributed by atoms with Crippen LogP contribution in [0.1, 0.15) is 19.8 Å². The molecule has 1 heterocycles. The largest absolute Gasteiger partial charge is 0.368 e. The Hall–Kier alpha value is -0.120. The Morgan fingerprint density at radius 1 is 1.36 bits per heavy atom. The summed E-state index contributed by atoms with van der Waals surface area (Å²) in [6.07, 6.45) is 1.39. The molecular weight excluding hydrogens is 142 g/mol. The summed E-state index contributed by atoms with van der Waals surface area (Å²) < 4.78 is 5.27. The van der Waals surface area contributed by atoms with E-state index in [2.05, 4.69) is 4.90 Å². The van der Waals surface area contributed by atoms with Gasteiger partial charge in [-0.25, -0.2) is 0 Å². The van der Waals surface area contributed by atoms with E-state index in [0.29, 0.717) is 6.04 Å². The molecule has 0 aromatic carbocycles. The zero-order valence-electron chi connectivity index (χ0n) is 7.45. The Kier molecular flexibility index (Phi) is 2.87. The van der Waals surface area contributed by atoms with Crippen molar-refractivity contribution < 1.29 is 9.84 Å². The van der Waals surface area contributed by atoms with Crippen LogP contribution in [-0.2, 0) is 4.74 Å². The molecule has 0 amide bonds. The Balaban J connectivity index is 2.44. The minimum Gasteiger partial charge on any atom is -0.368 e. The van der Waals surface area contributed by atoms with Gasteiger partial charge in [0.1, 0.15) is 0 Å². The van der Waals surface area contributed by atoms with Crippen LogP contribution in [0.3, 0.4) is 0 Å². The molecule has 0 spiro atoms. The highest BCUT2D eigenvalue weighted by Gasteiger charge is 2.27. The maximum absolute atomic E-state index is 9.14. The fourth-order valence-electron chi connectivity index (χ4n) is 1.63. The molecule has 1 aliphatic heterocycles. The Morgan fingerprint density at radius 2 is 2.00 bits per heavy atom. The molecule has 0 bridgehead atoms. The molecule has 3 heteroatoms. The van der Waals surface area contributed by atoms with Crippen molar-refractivity contribution in [3.63, 3.8) is 0 Å². The van der Waals surface area contributed by atoms with Crippen molar-refractivity contribution in [3.05, 3.63) is 0 Å². The number of aliphatic hydroxyl groups excluding tert-OH is 1. The molecule has 0 unspecified atom stereocenters. The summed E-state index contributed by atoms with van der Waals surface area (Å²) >= 11 is 0. The predicted octanol–water partition coefficient (Wildman–Crippen LogP) is 0.434. The number of hydrogen-bond donors (Lipinski definition) is 1. The van der Waals surface area contributed by atoms with E-state index in [9.17, 15) is 0 Å². The van der Waals surface area contributed by atoms with Crippen LogP contribution in [0.4, 0.5) is 0 Å². The highest BCUT2D eigenvalue weighted by molar-refractivity contribution is 4.77. The molecule has 0 saturated carbocycles. The summed E-state index contributed by atoms with van der Waals surface area (Å²) in [5.41, 5.74) is 0. The third kappa shape index (κ3) is 2.15. The van der Waals surface area contributed by atoms with Crippen molar-refractivity contribution in [1.29, 1.82) is 0 Å². The average Bonchev–Trinajstić information content (AvgIpc) is 1.85. The van der Waals surface area contributed by atoms with E-state index in [1.165, 1.54) is 0 Å². The second kappa shape index (κ2) is 3.52. The van der Waals surface area contributed by atoms with E-state index in [4.69, 9.17) is 9.84 Å². The van der Waals surface area contributed by atoms with Crippen LogP contribution in [0.2, 0.25) is 0 Å². The molecule has 11 heavy (non-hydrogen) atoms. The number of aliphatic hydroxyl groups is 1. The molecule has 3 nitrogen and oxygen atoms in total. The first-order chi connectivity index (χ1) is 5.11. The molecule has 1 N–H and O–H groups in total. The van der Waals surface area contributed by atoms with Gasteiger partial charge in [0.15, 0.2) is 6.29 Å². The maximum atomic E-state index is 9.14. The average molecular weight is 159 g/mol. The summed E-state index contributed by atoms with van der Waals surface area (Å²) in [6, 6.07) is 0.457. The standard InChI is InChI=1S/C8H17NO2/c1-6-7(9(2)3)4-5-8(10)11-6/h6-8,10H,4-5H2,1-3H3/t6-,7+,8+/m0/s1. The number of nitrogens with zero attached hydrogens (tertiary/aromatic N) is 1. The number of rotatable bonds is 1. The van der Waals surface area contributed by atoms with Crippen LogP contribution in [0.15, 0.2) is 0 Å². The first-order valence-corrected chi connectivity index (χ1v) is 4.11. The lowest BCUT2D eigenvalue weighted by atomic mass is 10.0. The van der Waals surface area contributed by atoms with Gasteiger partial charge in [0, 0.05) is 6.04 Å². The van der Waals surface area contributed by atoms with Crippen molar-refractivity contribution in [3.8, 4) is 0 Å². The molecule has 0 aromatic heterocycles. The van der Waals surface area contributed by atoms with Crippen LogP contribution < -0.4 is 0 Å². The summed E-state index contributed by atoms with van der Waals surface area (Å²) in [4.78, 5) is 2.15. The predicted molar refractivity (Wildman–Crippen MR) is 43.3 cm³/mol. The summed E-state index contributed by atoms with van der Waals surface area (Å²) in [5, 5.41) is 9.14. The lowest BCUT2D eigenvalue weighted by Gasteiger charge is -2.36. The fourth-order valence-corrected chi connectivity index (χ4v) is 1.63. The highest BCUT2D eigenvalue weighted by Crippen LogP contribution is 2.20. The molecule has 0 radical (unpaired) electrons. The maximum Gasteiger partial charge on any atom is 0.155 e. The summed E-state index contributed by atoms with van der Waals surface area (Å²) in [7, 11) is 4.09. The van der Waals surface area contributed by atoms with Crippen molar-refractivity contribution in [2.24, 2.45) is 0 Å². The van der Waals surface area contributed by atoms with Crippen molar-refractivity contribution >= 4 is 0 Å².